The lowest BCUT2D eigenvalue weighted by atomic mass is 10.1. The zero-order chi connectivity index (χ0) is 16.8. The number of methoxy groups -OCH3 is 3. The van der Waals surface area contributed by atoms with E-state index in [1.54, 1.807) is 46.5 Å². The number of ether oxygens (including phenoxy) is 3. The lowest BCUT2D eigenvalue weighted by Crippen LogP contribution is -2.28. The molecular weight excluding hydrogens is 302 g/mol. The molecule has 0 atom stereocenters. The second kappa shape index (κ2) is 7.39. The normalized spacial score (nSPS) is 10.1. The van der Waals surface area contributed by atoms with Crippen LogP contribution in [-0.4, -0.2) is 32.5 Å². The molecule has 1 heterocycles. The predicted octanol–water partition coefficient (Wildman–Crippen LogP) is 2.33. The maximum absolute atomic E-state index is 11.9. The zero-order valence-corrected chi connectivity index (χ0v) is 13.4. The van der Waals surface area contributed by atoms with Gasteiger partial charge in [0.15, 0.2) is 17.3 Å². The Morgan fingerprint density at radius 1 is 1.09 bits per heavy atom. The zero-order valence-electron chi connectivity index (χ0n) is 13.4. The molecule has 0 fully saturated rings. The number of benzene rings is 1. The van der Waals surface area contributed by atoms with Gasteiger partial charge in [0.2, 0.25) is 0 Å². The van der Waals surface area contributed by atoms with Crippen molar-refractivity contribution in [3.05, 3.63) is 29.5 Å². The summed E-state index contributed by atoms with van der Waals surface area (Å²) in [5, 5.41) is 8.97. The van der Waals surface area contributed by atoms with Crippen molar-refractivity contribution in [3.8, 4) is 17.2 Å². The highest BCUT2D eigenvalue weighted by atomic mass is 16.5. The molecule has 0 aliphatic heterocycles. The molecule has 0 aliphatic rings. The Morgan fingerprint density at radius 3 is 2.30 bits per heavy atom. The van der Waals surface area contributed by atoms with E-state index in [1.807, 2.05) is 0 Å². The first-order chi connectivity index (χ1) is 11.1. The first-order valence-electron chi connectivity index (χ1n) is 6.84. The summed E-state index contributed by atoms with van der Waals surface area (Å²) in [4.78, 5) is 11.9. The molecule has 1 aromatic carbocycles. The fourth-order valence-electron chi connectivity index (χ4n) is 1.99. The molecule has 2 N–H and O–H groups in total. The van der Waals surface area contributed by atoms with Gasteiger partial charge in [0, 0.05) is 24.2 Å². The van der Waals surface area contributed by atoms with Crippen molar-refractivity contribution >= 4 is 11.8 Å². The smallest absolute Gasteiger partial charge is 0.320 e. The Bertz CT molecular complexity index is 684. The third-order valence-electron chi connectivity index (χ3n) is 3.10. The molecule has 0 radical (unpaired) electrons. The molecule has 1 aromatic heterocycles. The number of aryl methyl sites for hydroxylation is 1. The first-order valence-corrected chi connectivity index (χ1v) is 6.84. The van der Waals surface area contributed by atoms with E-state index in [4.69, 9.17) is 18.7 Å². The van der Waals surface area contributed by atoms with Gasteiger partial charge in [-0.1, -0.05) is 5.16 Å². The van der Waals surface area contributed by atoms with Gasteiger partial charge in [0.1, 0.15) is 11.5 Å². The van der Waals surface area contributed by atoms with Gasteiger partial charge in [-0.05, 0) is 13.0 Å². The molecule has 0 aliphatic carbocycles. The summed E-state index contributed by atoms with van der Waals surface area (Å²) in [7, 11) is 4.63. The summed E-state index contributed by atoms with van der Waals surface area (Å²) in [5.74, 6) is 2.65. The maximum Gasteiger partial charge on any atom is 0.320 e. The van der Waals surface area contributed by atoms with Crippen molar-refractivity contribution in [1.82, 2.24) is 10.5 Å². The summed E-state index contributed by atoms with van der Waals surface area (Å²) in [5.41, 5.74) is 0.747. The Balaban J connectivity index is 2.05. The Morgan fingerprint density at radius 2 is 1.74 bits per heavy atom. The van der Waals surface area contributed by atoms with Gasteiger partial charge in [-0.2, -0.15) is 0 Å². The van der Waals surface area contributed by atoms with E-state index in [-0.39, 0.29) is 6.54 Å². The minimum Gasteiger partial charge on any atom is -0.496 e. The average molecular weight is 321 g/mol. The largest absolute Gasteiger partial charge is 0.496 e. The van der Waals surface area contributed by atoms with Crippen LogP contribution >= 0.6 is 0 Å². The fraction of sp³-hybridized carbons (Fsp3) is 0.333. The van der Waals surface area contributed by atoms with Crippen molar-refractivity contribution in [1.29, 1.82) is 0 Å². The molecule has 0 unspecified atom stereocenters. The highest BCUT2D eigenvalue weighted by molar-refractivity contribution is 5.88. The molecular formula is C15H19N3O5. The minimum atomic E-state index is -0.407. The second-order valence-corrected chi connectivity index (χ2v) is 4.65. The Hall–Kier alpha value is -2.90. The highest BCUT2D eigenvalue weighted by Crippen LogP contribution is 2.34. The molecule has 0 spiro atoms. The van der Waals surface area contributed by atoms with Crippen LogP contribution in [0.15, 0.2) is 22.7 Å². The number of aromatic nitrogens is 1. The molecule has 2 aromatic rings. The van der Waals surface area contributed by atoms with Crippen LogP contribution in [0.25, 0.3) is 0 Å². The second-order valence-electron chi connectivity index (χ2n) is 4.65. The molecule has 8 nitrogen and oxygen atoms in total. The molecule has 0 saturated heterocycles. The third kappa shape index (κ3) is 4.06. The average Bonchev–Trinajstić information content (AvgIpc) is 2.96. The molecule has 124 valence electrons. The minimum absolute atomic E-state index is 0.242. The summed E-state index contributed by atoms with van der Waals surface area (Å²) in [6.45, 7) is 1.98. The van der Waals surface area contributed by atoms with E-state index < -0.39 is 6.03 Å². The number of carbonyl (C=O) groups excluding carboxylic acids is 1. The number of rotatable bonds is 6. The molecule has 0 bridgehead atoms. The van der Waals surface area contributed by atoms with Gasteiger partial charge in [-0.25, -0.2) is 4.79 Å². The quantitative estimate of drug-likeness (QED) is 0.848. The van der Waals surface area contributed by atoms with Crippen molar-refractivity contribution < 1.29 is 23.5 Å². The van der Waals surface area contributed by atoms with Crippen LogP contribution in [0.2, 0.25) is 0 Å². The van der Waals surface area contributed by atoms with E-state index >= 15 is 0 Å². The summed E-state index contributed by atoms with van der Waals surface area (Å²) in [6.07, 6.45) is 0. The van der Waals surface area contributed by atoms with Crippen molar-refractivity contribution in [2.24, 2.45) is 0 Å². The maximum atomic E-state index is 11.9. The number of anilines is 1. The van der Waals surface area contributed by atoms with Crippen molar-refractivity contribution in [3.63, 3.8) is 0 Å². The molecule has 23 heavy (non-hydrogen) atoms. The van der Waals surface area contributed by atoms with Gasteiger partial charge in [-0.15, -0.1) is 0 Å². The van der Waals surface area contributed by atoms with Crippen LogP contribution in [0.4, 0.5) is 10.6 Å². The van der Waals surface area contributed by atoms with Crippen LogP contribution in [0.3, 0.4) is 0 Å². The van der Waals surface area contributed by atoms with Gasteiger partial charge in [-0.3, -0.25) is 5.32 Å². The van der Waals surface area contributed by atoms with Gasteiger partial charge >= 0.3 is 6.03 Å². The van der Waals surface area contributed by atoms with Gasteiger partial charge in [0.05, 0.1) is 21.3 Å². The van der Waals surface area contributed by atoms with Gasteiger partial charge < -0.3 is 24.1 Å². The SMILES string of the molecule is COc1cc(OC)c(OC)cc1CNC(=O)Nc1cc(C)on1. The monoisotopic (exact) mass is 321 g/mol. The van der Waals surface area contributed by atoms with Crippen molar-refractivity contribution in [2.45, 2.75) is 13.5 Å². The topological polar surface area (TPSA) is 94.8 Å². The standard InChI is InChI=1S/C15H19N3O5/c1-9-5-14(18-23-9)17-15(19)16-8-10-6-12(21-3)13(22-4)7-11(10)20-2/h5-7H,8H2,1-4H3,(H2,16,17,18,19). The Labute approximate surface area is 133 Å². The lowest BCUT2D eigenvalue weighted by Gasteiger charge is -2.14. The number of nitrogens with zero attached hydrogens (tertiary/aromatic N) is 1. The molecule has 0 saturated carbocycles. The predicted molar refractivity (Wildman–Crippen MR) is 83.2 cm³/mol. The summed E-state index contributed by atoms with van der Waals surface area (Å²) in [6, 6.07) is 4.67. The number of nitrogens with one attached hydrogen (secondary N) is 2. The van der Waals surface area contributed by atoms with Crippen LogP contribution in [0.5, 0.6) is 17.2 Å². The Kier molecular flexibility index (Phi) is 5.29. The van der Waals surface area contributed by atoms with E-state index in [2.05, 4.69) is 15.8 Å². The number of hydrogen-bond donors (Lipinski definition) is 2. The van der Waals surface area contributed by atoms with E-state index in [9.17, 15) is 4.79 Å². The van der Waals surface area contributed by atoms with Crippen molar-refractivity contribution in [2.75, 3.05) is 26.6 Å². The van der Waals surface area contributed by atoms with Crippen LogP contribution < -0.4 is 24.8 Å². The molecule has 2 rings (SSSR count). The lowest BCUT2D eigenvalue weighted by molar-refractivity contribution is 0.251. The van der Waals surface area contributed by atoms with Crippen LogP contribution in [0, 0.1) is 6.92 Å². The summed E-state index contributed by atoms with van der Waals surface area (Å²) >= 11 is 0. The number of carbonyl (C=O) groups is 1. The van der Waals surface area contributed by atoms with E-state index in [1.165, 1.54) is 0 Å². The number of hydrogen-bond acceptors (Lipinski definition) is 6. The third-order valence-corrected chi connectivity index (χ3v) is 3.10. The number of urea groups is 1. The van der Waals surface area contributed by atoms with Crippen LogP contribution in [0.1, 0.15) is 11.3 Å². The van der Waals surface area contributed by atoms with E-state index in [0.29, 0.717) is 28.8 Å². The molecule has 8 heteroatoms. The highest BCUT2D eigenvalue weighted by Gasteiger charge is 2.13. The van der Waals surface area contributed by atoms with E-state index in [0.717, 1.165) is 5.56 Å². The van der Waals surface area contributed by atoms with Crippen LogP contribution in [-0.2, 0) is 6.54 Å². The fourth-order valence-corrected chi connectivity index (χ4v) is 1.99. The number of amides is 2. The summed E-state index contributed by atoms with van der Waals surface area (Å²) < 4.78 is 20.7. The first kappa shape index (κ1) is 16.5. The van der Waals surface area contributed by atoms with Gasteiger partial charge in [0.25, 0.3) is 0 Å². The molecule has 2 amide bonds.